The van der Waals surface area contributed by atoms with E-state index in [1.165, 1.54) is 4.90 Å². The number of likely N-dealkylation sites (tertiary alicyclic amines) is 1. The van der Waals surface area contributed by atoms with Crippen molar-refractivity contribution in [2.24, 2.45) is 11.8 Å². The lowest BCUT2D eigenvalue weighted by molar-refractivity contribution is -0.150. The van der Waals surface area contributed by atoms with Crippen LogP contribution in [0.3, 0.4) is 0 Å². The van der Waals surface area contributed by atoms with Crippen molar-refractivity contribution in [3.05, 3.63) is 0 Å². The van der Waals surface area contributed by atoms with Crippen molar-refractivity contribution in [2.75, 3.05) is 20.1 Å². The van der Waals surface area contributed by atoms with Crippen LogP contribution in [0.5, 0.6) is 0 Å². The lowest BCUT2D eigenvalue weighted by Crippen LogP contribution is -2.54. The van der Waals surface area contributed by atoms with Gasteiger partial charge >= 0.3 is 12.1 Å². The van der Waals surface area contributed by atoms with Crippen LogP contribution >= 0.6 is 0 Å². The van der Waals surface area contributed by atoms with E-state index in [1.807, 2.05) is 7.05 Å². The number of hydrogen-bond acceptors (Lipinski definition) is 5. The molecule has 0 spiro atoms. The van der Waals surface area contributed by atoms with Crippen molar-refractivity contribution in [1.82, 2.24) is 15.1 Å². The number of nitrogens with zero attached hydrogens (tertiary/aromatic N) is 2. The molecule has 2 amide bonds. The molecule has 0 bridgehead atoms. The van der Waals surface area contributed by atoms with E-state index in [2.05, 4.69) is 10.2 Å². The number of alkyl carbamates (subject to hydrolysis) is 1. The highest BCUT2D eigenvalue weighted by Gasteiger charge is 2.53. The third-order valence-corrected chi connectivity index (χ3v) is 5.66. The number of carbonyl (C=O) groups excluding carboxylic acids is 2. The molecule has 5 atom stereocenters. The summed E-state index contributed by atoms with van der Waals surface area (Å²) >= 11 is 0. The number of hydrogen-bond donors (Lipinski definition) is 2. The number of carboxylic acid groups (broad SMARTS) is 1. The highest BCUT2D eigenvalue weighted by atomic mass is 16.6. The average molecular weight is 367 g/mol. The molecule has 8 nitrogen and oxygen atoms in total. The predicted molar refractivity (Wildman–Crippen MR) is 93.5 cm³/mol. The molecule has 3 fully saturated rings. The van der Waals surface area contributed by atoms with Gasteiger partial charge < -0.3 is 25.0 Å². The second-order valence-electron chi connectivity index (χ2n) is 8.82. The van der Waals surface area contributed by atoms with Crippen LogP contribution in [0, 0.1) is 11.8 Å². The van der Waals surface area contributed by atoms with Crippen LogP contribution in [0.15, 0.2) is 0 Å². The Bertz CT molecular complexity index is 602. The Morgan fingerprint density at radius 2 is 1.92 bits per heavy atom. The van der Waals surface area contributed by atoms with E-state index in [0.29, 0.717) is 19.3 Å². The Labute approximate surface area is 153 Å². The molecule has 1 unspecified atom stereocenters. The summed E-state index contributed by atoms with van der Waals surface area (Å²) in [5, 5.41) is 12.3. The first kappa shape index (κ1) is 18.9. The summed E-state index contributed by atoms with van der Waals surface area (Å²) in [5.74, 6) is -0.755. The summed E-state index contributed by atoms with van der Waals surface area (Å²) in [6.07, 6.45) is 1.06. The van der Waals surface area contributed by atoms with Crippen LogP contribution in [-0.4, -0.2) is 76.7 Å². The fourth-order valence-electron chi connectivity index (χ4n) is 4.78. The minimum absolute atomic E-state index is 0.0658. The zero-order valence-corrected chi connectivity index (χ0v) is 15.9. The molecule has 0 aromatic rings. The Kier molecular flexibility index (Phi) is 4.90. The molecule has 3 heterocycles. The van der Waals surface area contributed by atoms with Gasteiger partial charge in [-0.25, -0.2) is 9.59 Å². The highest BCUT2D eigenvalue weighted by Crippen LogP contribution is 2.41. The normalized spacial score (nSPS) is 34.8. The van der Waals surface area contributed by atoms with Gasteiger partial charge in [0.05, 0.1) is 0 Å². The highest BCUT2D eigenvalue weighted by molar-refractivity contribution is 5.90. The monoisotopic (exact) mass is 367 g/mol. The molecule has 3 rings (SSSR count). The second kappa shape index (κ2) is 6.72. The summed E-state index contributed by atoms with van der Waals surface area (Å²) in [6.45, 7) is 7.00. The van der Waals surface area contributed by atoms with E-state index in [-0.39, 0.29) is 23.8 Å². The standard InChI is InChI=1S/C18H29N3O5/c1-18(2,3)26-17(25)19-12-7-10-8-20(4)9-11(10)13-5-6-14(16(23)24)21(13)15(12)22/h10-14H,5-9H2,1-4H3,(H,19,25)(H,23,24)/t10?,11-,12-,13+,14-/m0/s1. The number of nitrogens with one attached hydrogen (secondary N) is 1. The number of aliphatic carboxylic acids is 1. The Hall–Kier alpha value is -1.83. The van der Waals surface area contributed by atoms with E-state index < -0.39 is 29.7 Å². The molecule has 0 aliphatic carbocycles. The molecule has 3 aliphatic rings. The number of ether oxygens (including phenoxy) is 1. The molecule has 0 aromatic carbocycles. The molecule has 0 saturated carbocycles. The van der Waals surface area contributed by atoms with E-state index >= 15 is 0 Å². The first-order valence-electron chi connectivity index (χ1n) is 9.30. The lowest BCUT2D eigenvalue weighted by Gasteiger charge is -2.32. The van der Waals surface area contributed by atoms with E-state index in [1.54, 1.807) is 20.8 Å². The van der Waals surface area contributed by atoms with Gasteiger partial charge in [0, 0.05) is 19.1 Å². The minimum atomic E-state index is -0.971. The number of rotatable bonds is 2. The molecule has 0 aromatic heterocycles. The SMILES string of the molecule is CN1CC2C[C@H](NC(=O)OC(C)(C)C)C(=O)N3[C@H](CC[C@H]3C(=O)O)[C@H]2C1. The zero-order valence-electron chi connectivity index (χ0n) is 15.9. The van der Waals surface area contributed by atoms with E-state index in [4.69, 9.17) is 4.74 Å². The summed E-state index contributed by atoms with van der Waals surface area (Å²) in [5.41, 5.74) is -0.659. The number of fused-ring (bicyclic) bond motifs is 3. The first-order chi connectivity index (χ1) is 12.1. The van der Waals surface area contributed by atoms with Crippen molar-refractivity contribution in [3.8, 4) is 0 Å². The lowest BCUT2D eigenvalue weighted by atomic mass is 9.85. The van der Waals surface area contributed by atoms with Crippen LogP contribution in [0.25, 0.3) is 0 Å². The Balaban J connectivity index is 1.84. The molecular formula is C18H29N3O5. The summed E-state index contributed by atoms with van der Waals surface area (Å²) in [6, 6.07) is -1.61. The van der Waals surface area contributed by atoms with Gasteiger partial charge in [-0.15, -0.1) is 0 Å². The van der Waals surface area contributed by atoms with Gasteiger partial charge in [0.2, 0.25) is 5.91 Å². The molecule has 2 N–H and O–H groups in total. The van der Waals surface area contributed by atoms with Crippen LogP contribution in [-0.2, 0) is 14.3 Å². The van der Waals surface area contributed by atoms with Gasteiger partial charge in [-0.1, -0.05) is 0 Å². The summed E-state index contributed by atoms with van der Waals surface area (Å²) in [7, 11) is 2.04. The van der Waals surface area contributed by atoms with Gasteiger partial charge in [0.25, 0.3) is 0 Å². The van der Waals surface area contributed by atoms with Crippen molar-refractivity contribution in [1.29, 1.82) is 0 Å². The van der Waals surface area contributed by atoms with Crippen LogP contribution in [0.4, 0.5) is 4.79 Å². The number of carboxylic acids is 1. The van der Waals surface area contributed by atoms with Gasteiger partial charge in [-0.3, -0.25) is 4.79 Å². The van der Waals surface area contributed by atoms with Gasteiger partial charge in [0.15, 0.2) is 0 Å². The third kappa shape index (κ3) is 3.65. The quantitative estimate of drug-likeness (QED) is 0.753. The number of carbonyl (C=O) groups is 3. The van der Waals surface area contributed by atoms with Crippen molar-refractivity contribution in [2.45, 2.75) is 63.8 Å². The van der Waals surface area contributed by atoms with E-state index in [9.17, 15) is 19.5 Å². The molecule has 0 radical (unpaired) electrons. The maximum absolute atomic E-state index is 13.1. The fraction of sp³-hybridized carbons (Fsp3) is 0.833. The van der Waals surface area contributed by atoms with E-state index in [0.717, 1.165) is 13.1 Å². The van der Waals surface area contributed by atoms with Gasteiger partial charge in [-0.2, -0.15) is 0 Å². The minimum Gasteiger partial charge on any atom is -0.480 e. The summed E-state index contributed by atoms with van der Waals surface area (Å²) < 4.78 is 5.30. The summed E-state index contributed by atoms with van der Waals surface area (Å²) in [4.78, 5) is 40.8. The van der Waals surface area contributed by atoms with Crippen molar-refractivity contribution < 1.29 is 24.2 Å². The molecule has 3 saturated heterocycles. The molecule has 3 aliphatic heterocycles. The van der Waals surface area contributed by atoms with Crippen molar-refractivity contribution in [3.63, 3.8) is 0 Å². The van der Waals surface area contributed by atoms with Crippen LogP contribution in [0.2, 0.25) is 0 Å². The number of amides is 2. The van der Waals surface area contributed by atoms with Crippen LogP contribution < -0.4 is 5.32 Å². The first-order valence-corrected chi connectivity index (χ1v) is 9.30. The molecular weight excluding hydrogens is 338 g/mol. The maximum Gasteiger partial charge on any atom is 0.408 e. The maximum atomic E-state index is 13.1. The Morgan fingerprint density at radius 1 is 1.23 bits per heavy atom. The molecule has 8 heteroatoms. The third-order valence-electron chi connectivity index (χ3n) is 5.66. The molecule has 146 valence electrons. The Morgan fingerprint density at radius 3 is 2.54 bits per heavy atom. The topological polar surface area (TPSA) is 99.2 Å². The van der Waals surface area contributed by atoms with Gasteiger partial charge in [0.1, 0.15) is 17.7 Å². The average Bonchev–Trinajstić information content (AvgIpc) is 3.04. The second-order valence-corrected chi connectivity index (χ2v) is 8.82. The zero-order chi connectivity index (χ0) is 19.2. The largest absolute Gasteiger partial charge is 0.480 e. The predicted octanol–water partition coefficient (Wildman–Crippen LogP) is 0.905. The molecule has 26 heavy (non-hydrogen) atoms. The van der Waals surface area contributed by atoms with Gasteiger partial charge in [-0.05, 0) is 58.9 Å². The van der Waals surface area contributed by atoms with Crippen LogP contribution in [0.1, 0.15) is 40.0 Å². The fourth-order valence-corrected chi connectivity index (χ4v) is 4.78. The smallest absolute Gasteiger partial charge is 0.408 e. The van der Waals surface area contributed by atoms with Crippen molar-refractivity contribution >= 4 is 18.0 Å².